The van der Waals surface area contributed by atoms with Gasteiger partial charge in [0.1, 0.15) is 4.90 Å². The first-order valence-electron chi connectivity index (χ1n) is 10.1. The third-order valence-corrected chi connectivity index (χ3v) is 6.41. The predicted molar refractivity (Wildman–Crippen MR) is 123 cm³/mol. The number of carbonyl (C=O) groups excluding carboxylic acids is 1. The molecule has 0 unspecified atom stereocenters. The molecular formula is C23H24ClN3O4S. The van der Waals surface area contributed by atoms with E-state index in [1.165, 1.54) is 18.2 Å². The van der Waals surface area contributed by atoms with Crippen LogP contribution in [-0.2, 0) is 23.1 Å². The molecule has 9 heteroatoms. The van der Waals surface area contributed by atoms with E-state index in [2.05, 4.69) is 15.0 Å². The SMILES string of the molecule is CCCOc1ncccc1CNC(=O)c1ccc(Cl)c(S(=O)(=O)NCc2ccccc2)c1. The molecule has 3 aromatic rings. The van der Waals surface area contributed by atoms with Crippen LogP contribution in [0.4, 0.5) is 0 Å². The fourth-order valence-corrected chi connectivity index (χ4v) is 4.41. The summed E-state index contributed by atoms with van der Waals surface area (Å²) in [5.41, 5.74) is 1.70. The zero-order valence-corrected chi connectivity index (χ0v) is 19.1. The van der Waals surface area contributed by atoms with Crippen LogP contribution in [0.1, 0.15) is 34.8 Å². The fourth-order valence-electron chi connectivity index (χ4n) is 2.87. The lowest BCUT2D eigenvalue weighted by molar-refractivity contribution is 0.0950. The normalized spacial score (nSPS) is 11.2. The number of carbonyl (C=O) groups is 1. The molecule has 0 fully saturated rings. The Kier molecular flexibility index (Phi) is 8.21. The van der Waals surface area contributed by atoms with Crippen LogP contribution < -0.4 is 14.8 Å². The summed E-state index contributed by atoms with van der Waals surface area (Å²) in [6, 6.07) is 16.8. The van der Waals surface area contributed by atoms with Gasteiger partial charge in [0, 0.05) is 30.4 Å². The number of amides is 1. The van der Waals surface area contributed by atoms with Crippen molar-refractivity contribution in [2.75, 3.05) is 6.61 Å². The second kappa shape index (κ2) is 11.1. The van der Waals surface area contributed by atoms with Crippen LogP contribution in [0.25, 0.3) is 0 Å². The smallest absolute Gasteiger partial charge is 0.251 e. The van der Waals surface area contributed by atoms with E-state index in [1.807, 2.05) is 43.3 Å². The molecule has 1 aromatic heterocycles. The summed E-state index contributed by atoms with van der Waals surface area (Å²) >= 11 is 6.13. The molecule has 3 rings (SSSR count). The maximum Gasteiger partial charge on any atom is 0.251 e. The van der Waals surface area contributed by atoms with Crippen molar-refractivity contribution in [3.8, 4) is 5.88 Å². The molecule has 0 bridgehead atoms. The molecule has 0 saturated heterocycles. The Morgan fingerprint density at radius 2 is 1.84 bits per heavy atom. The average Bonchev–Trinajstić information content (AvgIpc) is 2.81. The van der Waals surface area contributed by atoms with Crippen LogP contribution in [-0.4, -0.2) is 25.9 Å². The number of benzene rings is 2. The first kappa shape index (κ1) is 23.7. The van der Waals surface area contributed by atoms with E-state index in [0.29, 0.717) is 12.5 Å². The summed E-state index contributed by atoms with van der Waals surface area (Å²) in [6.45, 7) is 2.80. The predicted octanol–water partition coefficient (Wildman–Crippen LogP) is 3.93. The quantitative estimate of drug-likeness (QED) is 0.465. The van der Waals surface area contributed by atoms with Gasteiger partial charge < -0.3 is 10.1 Å². The maximum atomic E-state index is 12.8. The van der Waals surface area contributed by atoms with E-state index in [1.54, 1.807) is 12.3 Å². The zero-order chi connectivity index (χ0) is 23.0. The van der Waals surface area contributed by atoms with Crippen molar-refractivity contribution in [2.24, 2.45) is 0 Å². The highest BCUT2D eigenvalue weighted by Gasteiger charge is 2.20. The standard InChI is InChI=1S/C23H24ClN3O4S/c1-2-13-31-23-19(9-6-12-25-23)16-26-22(28)18-10-11-20(24)21(14-18)32(29,30)27-15-17-7-4-3-5-8-17/h3-12,14,27H,2,13,15-16H2,1H3,(H,26,28). The number of nitrogens with zero attached hydrogens (tertiary/aromatic N) is 1. The van der Waals surface area contributed by atoms with Crippen molar-refractivity contribution >= 4 is 27.5 Å². The van der Waals surface area contributed by atoms with Crippen molar-refractivity contribution in [3.63, 3.8) is 0 Å². The van der Waals surface area contributed by atoms with Crippen LogP contribution >= 0.6 is 11.6 Å². The molecule has 0 atom stereocenters. The minimum absolute atomic E-state index is 0.0321. The second-order valence-corrected chi connectivity index (χ2v) is 9.10. The third-order valence-electron chi connectivity index (χ3n) is 4.52. The lowest BCUT2D eigenvalue weighted by atomic mass is 10.2. The summed E-state index contributed by atoms with van der Waals surface area (Å²) in [5, 5.41) is 2.80. The molecular weight excluding hydrogens is 450 g/mol. The van der Waals surface area contributed by atoms with Gasteiger partial charge in [-0.15, -0.1) is 0 Å². The molecule has 0 saturated carbocycles. The van der Waals surface area contributed by atoms with E-state index in [9.17, 15) is 13.2 Å². The Morgan fingerprint density at radius 1 is 1.06 bits per heavy atom. The number of aromatic nitrogens is 1. The molecule has 2 N–H and O–H groups in total. The minimum Gasteiger partial charge on any atom is -0.477 e. The third kappa shape index (κ3) is 6.29. The van der Waals surface area contributed by atoms with E-state index in [4.69, 9.17) is 16.3 Å². The second-order valence-electron chi connectivity index (χ2n) is 6.95. The maximum absolute atomic E-state index is 12.8. The largest absolute Gasteiger partial charge is 0.477 e. The number of halogens is 1. The van der Waals surface area contributed by atoms with Gasteiger partial charge in [-0.2, -0.15) is 0 Å². The molecule has 32 heavy (non-hydrogen) atoms. The van der Waals surface area contributed by atoms with E-state index >= 15 is 0 Å². The van der Waals surface area contributed by atoms with Crippen LogP contribution in [0.2, 0.25) is 5.02 Å². The van der Waals surface area contributed by atoms with Crippen molar-refractivity contribution in [2.45, 2.75) is 31.3 Å². The van der Waals surface area contributed by atoms with Gasteiger partial charge in [-0.1, -0.05) is 54.9 Å². The van der Waals surface area contributed by atoms with E-state index in [0.717, 1.165) is 17.5 Å². The van der Waals surface area contributed by atoms with Crippen molar-refractivity contribution in [3.05, 3.63) is 88.6 Å². The number of sulfonamides is 1. The summed E-state index contributed by atoms with van der Waals surface area (Å²) in [4.78, 5) is 16.7. The first-order valence-corrected chi connectivity index (χ1v) is 11.9. The molecule has 0 spiro atoms. The van der Waals surface area contributed by atoms with Gasteiger partial charge in [0.15, 0.2) is 0 Å². The molecule has 1 heterocycles. The number of hydrogen-bond donors (Lipinski definition) is 2. The molecule has 0 aliphatic carbocycles. The Hall–Kier alpha value is -2.94. The lowest BCUT2D eigenvalue weighted by Gasteiger charge is -2.12. The highest BCUT2D eigenvalue weighted by Crippen LogP contribution is 2.23. The summed E-state index contributed by atoms with van der Waals surface area (Å²) in [6.07, 6.45) is 2.46. The van der Waals surface area contributed by atoms with E-state index < -0.39 is 15.9 Å². The monoisotopic (exact) mass is 473 g/mol. The first-order chi connectivity index (χ1) is 15.4. The van der Waals surface area contributed by atoms with Crippen molar-refractivity contribution < 1.29 is 17.9 Å². The van der Waals surface area contributed by atoms with Crippen LogP contribution in [0, 0.1) is 0 Å². The summed E-state index contributed by atoms with van der Waals surface area (Å²) in [5.74, 6) is 0.0191. The Bertz CT molecular complexity index is 1170. The molecule has 2 aromatic carbocycles. The lowest BCUT2D eigenvalue weighted by Crippen LogP contribution is -2.26. The summed E-state index contributed by atoms with van der Waals surface area (Å²) in [7, 11) is -3.92. The Labute approximate surface area is 192 Å². The van der Waals surface area contributed by atoms with Gasteiger partial charge in [-0.05, 0) is 36.2 Å². The van der Waals surface area contributed by atoms with E-state index in [-0.39, 0.29) is 28.6 Å². The molecule has 0 radical (unpaired) electrons. The van der Waals surface area contributed by atoms with Gasteiger partial charge in [0.25, 0.3) is 5.91 Å². The van der Waals surface area contributed by atoms with Gasteiger partial charge in [0.2, 0.25) is 15.9 Å². The van der Waals surface area contributed by atoms with Crippen LogP contribution in [0.15, 0.2) is 71.8 Å². The average molecular weight is 474 g/mol. The van der Waals surface area contributed by atoms with Gasteiger partial charge >= 0.3 is 0 Å². The Morgan fingerprint density at radius 3 is 2.59 bits per heavy atom. The fraction of sp³-hybridized carbons (Fsp3) is 0.217. The molecule has 1 amide bonds. The number of hydrogen-bond acceptors (Lipinski definition) is 5. The molecule has 0 aliphatic rings. The number of pyridine rings is 1. The summed E-state index contributed by atoms with van der Waals surface area (Å²) < 4.78 is 33.7. The minimum atomic E-state index is -3.92. The van der Waals surface area contributed by atoms with Gasteiger partial charge in [-0.3, -0.25) is 4.79 Å². The highest BCUT2D eigenvalue weighted by molar-refractivity contribution is 7.89. The molecule has 7 nitrogen and oxygen atoms in total. The van der Waals surface area contributed by atoms with Crippen LogP contribution in [0.5, 0.6) is 5.88 Å². The Balaban J connectivity index is 1.71. The van der Waals surface area contributed by atoms with Crippen molar-refractivity contribution in [1.82, 2.24) is 15.0 Å². The van der Waals surface area contributed by atoms with Gasteiger partial charge in [-0.25, -0.2) is 18.1 Å². The van der Waals surface area contributed by atoms with Crippen molar-refractivity contribution in [1.29, 1.82) is 0 Å². The topological polar surface area (TPSA) is 97.4 Å². The zero-order valence-electron chi connectivity index (χ0n) is 17.5. The number of rotatable bonds is 10. The highest BCUT2D eigenvalue weighted by atomic mass is 35.5. The van der Waals surface area contributed by atoms with Crippen LogP contribution in [0.3, 0.4) is 0 Å². The number of ether oxygens (including phenoxy) is 1. The number of nitrogens with one attached hydrogen (secondary N) is 2. The van der Waals surface area contributed by atoms with Gasteiger partial charge in [0.05, 0.1) is 11.6 Å². The molecule has 168 valence electrons. The molecule has 0 aliphatic heterocycles.